The van der Waals surface area contributed by atoms with E-state index in [9.17, 15) is 0 Å². The van der Waals surface area contributed by atoms with Gasteiger partial charge < -0.3 is 0 Å². The molecule has 0 aliphatic rings. The number of nitriles is 1. The van der Waals surface area contributed by atoms with E-state index in [4.69, 9.17) is 5.26 Å². The first kappa shape index (κ1) is 12.3. The lowest BCUT2D eigenvalue weighted by Gasteiger charge is -2.15. The predicted molar refractivity (Wildman–Crippen MR) is 67.3 cm³/mol. The zero-order valence-electron chi connectivity index (χ0n) is 10.5. The van der Waals surface area contributed by atoms with Crippen LogP contribution in [-0.2, 0) is 20.1 Å². The number of benzene rings is 1. The highest BCUT2D eigenvalue weighted by atomic mass is 15.3. The molecule has 0 saturated heterocycles. The molecule has 0 unspecified atom stereocenters. The summed E-state index contributed by atoms with van der Waals surface area (Å²) in [6, 6.07) is 9.80. The maximum atomic E-state index is 8.85. The molecule has 0 amide bonds. The molecule has 2 rings (SSSR count). The molecule has 0 saturated carbocycles. The molecule has 5 heteroatoms. The van der Waals surface area contributed by atoms with Crippen molar-refractivity contribution >= 4 is 0 Å². The number of hydrogen-bond donors (Lipinski definition) is 0. The van der Waals surface area contributed by atoms with Gasteiger partial charge in [-0.3, -0.25) is 9.58 Å². The lowest BCUT2D eigenvalue weighted by molar-refractivity contribution is 0.305. The smallest absolute Gasteiger partial charge is 0.140 e. The zero-order chi connectivity index (χ0) is 13.0. The molecule has 0 spiro atoms. The van der Waals surface area contributed by atoms with E-state index in [1.807, 2.05) is 38.4 Å². The van der Waals surface area contributed by atoms with Gasteiger partial charge >= 0.3 is 0 Å². The minimum absolute atomic E-state index is 0.694. The Labute approximate surface area is 106 Å². The average molecular weight is 241 g/mol. The third-order valence-electron chi connectivity index (χ3n) is 2.73. The summed E-state index contributed by atoms with van der Waals surface area (Å²) in [5.41, 5.74) is 1.82. The van der Waals surface area contributed by atoms with Crippen molar-refractivity contribution in [2.45, 2.75) is 13.1 Å². The Morgan fingerprint density at radius 1 is 1.39 bits per heavy atom. The first-order valence-electron chi connectivity index (χ1n) is 5.69. The van der Waals surface area contributed by atoms with Crippen LogP contribution in [0.25, 0.3) is 0 Å². The Morgan fingerprint density at radius 2 is 2.22 bits per heavy atom. The van der Waals surface area contributed by atoms with Gasteiger partial charge in [0, 0.05) is 13.6 Å². The van der Waals surface area contributed by atoms with Crippen LogP contribution in [0, 0.1) is 11.3 Å². The molecule has 0 fully saturated rings. The largest absolute Gasteiger partial charge is 0.295 e. The van der Waals surface area contributed by atoms with Crippen LogP contribution in [0.1, 0.15) is 17.0 Å². The van der Waals surface area contributed by atoms with Crippen LogP contribution < -0.4 is 0 Å². The molecule has 2 aromatic rings. The van der Waals surface area contributed by atoms with Crippen LogP contribution in [-0.4, -0.2) is 26.7 Å². The van der Waals surface area contributed by atoms with Crippen LogP contribution in [0.5, 0.6) is 0 Å². The molecule has 1 aromatic carbocycles. The normalized spacial score (nSPS) is 10.6. The third kappa shape index (κ3) is 2.93. The molecule has 0 aliphatic carbocycles. The summed E-state index contributed by atoms with van der Waals surface area (Å²) in [4.78, 5) is 6.33. The molecule has 1 heterocycles. The Bertz CT molecular complexity index is 567. The minimum Gasteiger partial charge on any atom is -0.295 e. The molecule has 1 aromatic heterocycles. The summed E-state index contributed by atoms with van der Waals surface area (Å²) in [5.74, 6) is 0.925. The second-order valence-electron chi connectivity index (χ2n) is 4.28. The highest BCUT2D eigenvalue weighted by Crippen LogP contribution is 2.08. The van der Waals surface area contributed by atoms with E-state index in [0.29, 0.717) is 5.56 Å². The average Bonchev–Trinajstić information content (AvgIpc) is 2.75. The van der Waals surface area contributed by atoms with Gasteiger partial charge in [0.25, 0.3) is 0 Å². The first-order chi connectivity index (χ1) is 8.69. The summed E-state index contributed by atoms with van der Waals surface area (Å²) >= 11 is 0. The first-order valence-corrected chi connectivity index (χ1v) is 5.69. The Morgan fingerprint density at radius 3 is 2.89 bits per heavy atom. The highest BCUT2D eigenvalue weighted by Gasteiger charge is 2.06. The number of aromatic nitrogens is 3. The van der Waals surface area contributed by atoms with Crippen molar-refractivity contribution in [3.8, 4) is 6.07 Å². The minimum atomic E-state index is 0.694. The van der Waals surface area contributed by atoms with E-state index in [-0.39, 0.29) is 0 Å². The molecule has 5 nitrogen and oxygen atoms in total. The van der Waals surface area contributed by atoms with E-state index in [0.717, 1.165) is 24.5 Å². The molecule has 0 aliphatic heterocycles. The second kappa shape index (κ2) is 5.43. The van der Waals surface area contributed by atoms with Crippen molar-refractivity contribution in [2.75, 3.05) is 7.05 Å². The van der Waals surface area contributed by atoms with Crippen LogP contribution in [0.3, 0.4) is 0 Å². The third-order valence-corrected chi connectivity index (χ3v) is 2.73. The standard InChI is InChI=1S/C13H15N5/c1-17(9-13-15-10-16-18(13)2)8-12-5-3-4-11(6-12)7-14/h3-6,10H,8-9H2,1-2H3. The zero-order valence-corrected chi connectivity index (χ0v) is 10.5. The van der Waals surface area contributed by atoms with Gasteiger partial charge in [-0.2, -0.15) is 10.4 Å². The molecule has 18 heavy (non-hydrogen) atoms. The fourth-order valence-corrected chi connectivity index (χ4v) is 1.81. The van der Waals surface area contributed by atoms with Crippen LogP contribution in [0.15, 0.2) is 30.6 Å². The molecule has 0 bridgehead atoms. The highest BCUT2D eigenvalue weighted by molar-refractivity contribution is 5.32. The summed E-state index contributed by atoms with van der Waals surface area (Å²) in [6.45, 7) is 1.51. The Kier molecular flexibility index (Phi) is 3.70. The number of hydrogen-bond acceptors (Lipinski definition) is 4. The SMILES string of the molecule is CN(Cc1cccc(C#N)c1)Cc1ncnn1C. The quantitative estimate of drug-likeness (QED) is 0.810. The molecular formula is C13H15N5. The molecule has 0 atom stereocenters. The van der Waals surface area contributed by atoms with E-state index >= 15 is 0 Å². The fraction of sp³-hybridized carbons (Fsp3) is 0.308. The second-order valence-corrected chi connectivity index (χ2v) is 4.28. The number of nitrogens with zero attached hydrogens (tertiary/aromatic N) is 5. The van der Waals surface area contributed by atoms with E-state index < -0.39 is 0 Å². The van der Waals surface area contributed by atoms with Crippen molar-refractivity contribution in [1.82, 2.24) is 19.7 Å². The maximum Gasteiger partial charge on any atom is 0.140 e. The van der Waals surface area contributed by atoms with E-state index in [2.05, 4.69) is 21.1 Å². The van der Waals surface area contributed by atoms with Gasteiger partial charge in [0.2, 0.25) is 0 Å². The molecule has 92 valence electrons. The van der Waals surface area contributed by atoms with Gasteiger partial charge in [0.1, 0.15) is 12.2 Å². The van der Waals surface area contributed by atoms with Gasteiger partial charge in [-0.1, -0.05) is 12.1 Å². The summed E-state index contributed by atoms with van der Waals surface area (Å²) < 4.78 is 1.77. The molecular weight excluding hydrogens is 226 g/mol. The van der Waals surface area contributed by atoms with Crippen LogP contribution >= 0.6 is 0 Å². The summed E-state index contributed by atoms with van der Waals surface area (Å²) in [7, 11) is 3.90. The van der Waals surface area contributed by atoms with Gasteiger partial charge in [-0.25, -0.2) is 4.98 Å². The Hall–Kier alpha value is -2.19. The van der Waals surface area contributed by atoms with Crippen molar-refractivity contribution < 1.29 is 0 Å². The van der Waals surface area contributed by atoms with Crippen LogP contribution in [0.2, 0.25) is 0 Å². The van der Waals surface area contributed by atoms with Gasteiger partial charge in [0.05, 0.1) is 18.2 Å². The van der Waals surface area contributed by atoms with Crippen LogP contribution in [0.4, 0.5) is 0 Å². The molecule has 0 radical (unpaired) electrons. The number of aryl methyl sites for hydroxylation is 1. The van der Waals surface area contributed by atoms with Crippen molar-refractivity contribution in [1.29, 1.82) is 5.26 Å². The van der Waals surface area contributed by atoms with Crippen molar-refractivity contribution in [3.05, 3.63) is 47.5 Å². The van der Waals surface area contributed by atoms with E-state index in [1.165, 1.54) is 0 Å². The maximum absolute atomic E-state index is 8.85. The Balaban J connectivity index is 2.01. The number of rotatable bonds is 4. The van der Waals surface area contributed by atoms with Gasteiger partial charge in [-0.05, 0) is 24.7 Å². The van der Waals surface area contributed by atoms with Gasteiger partial charge in [-0.15, -0.1) is 0 Å². The molecule has 0 N–H and O–H groups in total. The van der Waals surface area contributed by atoms with Crippen molar-refractivity contribution in [3.63, 3.8) is 0 Å². The van der Waals surface area contributed by atoms with Crippen molar-refractivity contribution in [2.24, 2.45) is 7.05 Å². The summed E-state index contributed by atoms with van der Waals surface area (Å²) in [5, 5.41) is 12.9. The monoisotopic (exact) mass is 241 g/mol. The topological polar surface area (TPSA) is 57.7 Å². The fourth-order valence-electron chi connectivity index (χ4n) is 1.81. The van der Waals surface area contributed by atoms with Gasteiger partial charge in [0.15, 0.2) is 0 Å². The predicted octanol–water partition coefficient (Wildman–Crippen LogP) is 1.32. The summed E-state index contributed by atoms with van der Waals surface area (Å²) in [6.07, 6.45) is 1.56. The van der Waals surface area contributed by atoms with E-state index in [1.54, 1.807) is 11.0 Å². The lowest BCUT2D eigenvalue weighted by atomic mass is 10.1. The lowest BCUT2D eigenvalue weighted by Crippen LogP contribution is -2.19.